The highest BCUT2D eigenvalue weighted by Crippen LogP contribution is 2.33. The molecule has 1 saturated carbocycles. The van der Waals surface area contributed by atoms with Gasteiger partial charge >= 0.3 is 6.03 Å². The second-order valence-corrected chi connectivity index (χ2v) is 6.62. The topological polar surface area (TPSA) is 74.9 Å². The van der Waals surface area contributed by atoms with Crippen LogP contribution >= 0.6 is 0 Å². The predicted octanol–water partition coefficient (Wildman–Crippen LogP) is 3.67. The fourth-order valence-electron chi connectivity index (χ4n) is 3.55. The summed E-state index contributed by atoms with van der Waals surface area (Å²) in [5.41, 5.74) is -0.475. The van der Waals surface area contributed by atoms with Gasteiger partial charge in [0.15, 0.2) is 0 Å². The highest BCUT2D eigenvalue weighted by molar-refractivity contribution is 6.07. The summed E-state index contributed by atoms with van der Waals surface area (Å²) < 4.78 is 19.4. The quantitative estimate of drug-likeness (QED) is 0.674. The minimum absolute atomic E-state index is 0.320. The van der Waals surface area contributed by atoms with Gasteiger partial charge in [0.05, 0.1) is 11.8 Å². The van der Waals surface area contributed by atoms with Gasteiger partial charge in [0, 0.05) is 0 Å². The van der Waals surface area contributed by atoms with Crippen molar-refractivity contribution in [1.29, 1.82) is 0 Å². The van der Waals surface area contributed by atoms with Crippen molar-refractivity contribution in [1.82, 2.24) is 10.3 Å². The summed E-state index contributed by atoms with van der Waals surface area (Å²) in [5.74, 6) is -0.0306. The number of furan rings is 1. The molecule has 2 aromatic rings. The van der Waals surface area contributed by atoms with E-state index in [1.807, 2.05) is 0 Å². The molecular weight excluding hydrogens is 337 g/mol. The van der Waals surface area contributed by atoms with Gasteiger partial charge in [0.1, 0.15) is 22.9 Å². The molecule has 6 nitrogen and oxygen atoms in total. The van der Waals surface area contributed by atoms with Crippen LogP contribution in [0, 0.1) is 5.82 Å². The Kier molecular flexibility index (Phi) is 4.06. The summed E-state index contributed by atoms with van der Waals surface area (Å²) in [7, 11) is 0. The maximum Gasteiger partial charge on any atom is 0.346 e. The molecule has 3 amide bonds. The van der Waals surface area contributed by atoms with Crippen molar-refractivity contribution in [2.45, 2.75) is 37.6 Å². The van der Waals surface area contributed by atoms with Crippen LogP contribution in [0.2, 0.25) is 0 Å². The first kappa shape index (κ1) is 16.5. The highest BCUT2D eigenvalue weighted by atomic mass is 19.1. The molecule has 1 spiro atoms. The van der Waals surface area contributed by atoms with E-state index < -0.39 is 17.4 Å². The lowest BCUT2D eigenvalue weighted by molar-refractivity contribution is -0.132. The zero-order valence-corrected chi connectivity index (χ0v) is 14.1. The summed E-state index contributed by atoms with van der Waals surface area (Å²) in [5, 5.41) is 7.64. The molecular formula is C19H18FN3O3. The van der Waals surface area contributed by atoms with Crippen LogP contribution < -0.4 is 5.32 Å². The fraction of sp³-hybridized carbons (Fsp3) is 0.316. The smallest absolute Gasteiger partial charge is 0.346 e. The van der Waals surface area contributed by atoms with E-state index in [1.54, 1.807) is 30.3 Å². The summed E-state index contributed by atoms with van der Waals surface area (Å²) in [6.45, 7) is 0. The third-order valence-corrected chi connectivity index (χ3v) is 4.91. The monoisotopic (exact) mass is 355 g/mol. The van der Waals surface area contributed by atoms with Crippen molar-refractivity contribution in [3.63, 3.8) is 0 Å². The van der Waals surface area contributed by atoms with Gasteiger partial charge in [0.2, 0.25) is 0 Å². The third kappa shape index (κ3) is 2.79. The molecule has 1 saturated heterocycles. The number of carbonyl (C=O) groups excluding carboxylic acids is 2. The number of hydrazone groups is 1. The molecule has 134 valence electrons. The Morgan fingerprint density at radius 3 is 2.65 bits per heavy atom. The average molecular weight is 355 g/mol. The molecule has 0 radical (unpaired) electrons. The highest BCUT2D eigenvalue weighted by Gasteiger charge is 2.51. The largest absolute Gasteiger partial charge is 0.455 e. The minimum atomic E-state index is -0.811. The van der Waals surface area contributed by atoms with Gasteiger partial charge in [0.25, 0.3) is 5.91 Å². The van der Waals surface area contributed by atoms with E-state index in [0.717, 1.165) is 24.3 Å². The molecule has 1 aromatic carbocycles. The molecule has 4 rings (SSSR count). The summed E-state index contributed by atoms with van der Waals surface area (Å²) >= 11 is 0. The van der Waals surface area contributed by atoms with E-state index in [1.165, 1.54) is 12.3 Å². The number of hydrogen-bond donors (Lipinski definition) is 1. The Morgan fingerprint density at radius 2 is 1.88 bits per heavy atom. The molecule has 1 N–H and O–H groups in total. The van der Waals surface area contributed by atoms with Gasteiger partial charge in [-0.25, -0.2) is 9.18 Å². The van der Waals surface area contributed by atoms with Crippen molar-refractivity contribution < 1.29 is 18.4 Å². The first-order valence-electron chi connectivity index (χ1n) is 8.64. The number of carbonyl (C=O) groups is 2. The Bertz CT molecular complexity index is 884. The van der Waals surface area contributed by atoms with Crippen molar-refractivity contribution in [3.05, 3.63) is 48.0 Å². The maximum absolute atomic E-state index is 13.8. The van der Waals surface area contributed by atoms with Crippen LogP contribution in [0.15, 0.2) is 45.9 Å². The lowest BCUT2D eigenvalue weighted by Gasteiger charge is -2.29. The minimum Gasteiger partial charge on any atom is -0.455 e. The van der Waals surface area contributed by atoms with Crippen molar-refractivity contribution in [2.24, 2.45) is 5.10 Å². The summed E-state index contributed by atoms with van der Waals surface area (Å²) in [6, 6.07) is 8.99. The van der Waals surface area contributed by atoms with Crippen LogP contribution in [0.1, 0.15) is 37.9 Å². The zero-order valence-electron chi connectivity index (χ0n) is 14.1. The predicted molar refractivity (Wildman–Crippen MR) is 92.9 cm³/mol. The SMILES string of the molecule is O=C1NC2(CCCCC2)C(=O)N1/N=C\c1ccc(-c2ccccc2F)o1. The molecule has 7 heteroatoms. The van der Waals surface area contributed by atoms with Gasteiger partial charge in [-0.1, -0.05) is 31.4 Å². The fourth-order valence-corrected chi connectivity index (χ4v) is 3.55. The van der Waals surface area contributed by atoms with Crippen molar-refractivity contribution in [2.75, 3.05) is 0 Å². The van der Waals surface area contributed by atoms with Gasteiger partial charge in [-0.05, 0) is 37.1 Å². The molecule has 0 unspecified atom stereocenters. The van der Waals surface area contributed by atoms with Crippen LogP contribution in [0.5, 0.6) is 0 Å². The summed E-state index contributed by atoms with van der Waals surface area (Å²) in [6.07, 6.45) is 5.47. The molecule has 0 bridgehead atoms. The molecule has 26 heavy (non-hydrogen) atoms. The molecule has 0 atom stereocenters. The average Bonchev–Trinajstić information content (AvgIpc) is 3.19. The number of amides is 3. The molecule has 1 aliphatic carbocycles. The maximum atomic E-state index is 13.8. The molecule has 2 heterocycles. The molecule has 2 fully saturated rings. The van der Waals surface area contributed by atoms with Crippen molar-refractivity contribution in [3.8, 4) is 11.3 Å². The molecule has 2 aliphatic rings. The van der Waals surface area contributed by atoms with Crippen LogP contribution in [-0.2, 0) is 4.79 Å². The van der Waals surface area contributed by atoms with E-state index in [9.17, 15) is 14.0 Å². The Labute approximate surface area is 149 Å². The Morgan fingerprint density at radius 1 is 1.12 bits per heavy atom. The van der Waals surface area contributed by atoms with Crippen LogP contribution in [0.3, 0.4) is 0 Å². The standard InChI is InChI=1S/C19H18FN3O3/c20-15-7-3-2-6-14(15)16-9-8-13(26-16)12-21-23-17(24)19(22-18(23)25)10-4-1-5-11-19/h2-3,6-9,12H,1,4-5,10-11H2,(H,22,25)/b21-12-. The first-order valence-corrected chi connectivity index (χ1v) is 8.64. The van der Waals surface area contributed by atoms with E-state index >= 15 is 0 Å². The van der Waals surface area contributed by atoms with Crippen molar-refractivity contribution >= 4 is 18.2 Å². The van der Waals surface area contributed by atoms with Gasteiger partial charge in [-0.3, -0.25) is 4.79 Å². The van der Waals surface area contributed by atoms with E-state index in [-0.39, 0.29) is 5.91 Å². The van der Waals surface area contributed by atoms with E-state index in [2.05, 4.69) is 10.4 Å². The lowest BCUT2D eigenvalue weighted by atomic mass is 9.82. The number of hydrogen-bond acceptors (Lipinski definition) is 4. The molecule has 1 aromatic heterocycles. The van der Waals surface area contributed by atoms with Crippen LogP contribution in [0.4, 0.5) is 9.18 Å². The first-order chi connectivity index (χ1) is 12.6. The van der Waals surface area contributed by atoms with Gasteiger partial charge in [-0.2, -0.15) is 5.10 Å². The Balaban J connectivity index is 1.53. The van der Waals surface area contributed by atoms with Gasteiger partial charge in [-0.15, -0.1) is 5.01 Å². The second kappa shape index (κ2) is 6.40. The molecule has 1 aliphatic heterocycles. The van der Waals surface area contributed by atoms with E-state index in [4.69, 9.17) is 4.42 Å². The summed E-state index contributed by atoms with van der Waals surface area (Å²) in [4.78, 5) is 24.8. The van der Waals surface area contributed by atoms with E-state index in [0.29, 0.717) is 29.9 Å². The van der Waals surface area contributed by atoms with Gasteiger partial charge < -0.3 is 9.73 Å². The number of rotatable bonds is 3. The number of urea groups is 1. The lowest BCUT2D eigenvalue weighted by Crippen LogP contribution is -2.48. The number of imide groups is 1. The Hall–Kier alpha value is -2.96. The number of nitrogens with zero attached hydrogens (tertiary/aromatic N) is 2. The number of benzene rings is 1. The number of halogens is 1. The van der Waals surface area contributed by atoms with Crippen LogP contribution in [-0.4, -0.2) is 28.7 Å². The number of nitrogens with one attached hydrogen (secondary N) is 1. The second-order valence-electron chi connectivity index (χ2n) is 6.62. The van der Waals surface area contributed by atoms with Crippen LogP contribution in [0.25, 0.3) is 11.3 Å². The normalized spacial score (nSPS) is 19.5. The zero-order chi connectivity index (χ0) is 18.1. The third-order valence-electron chi connectivity index (χ3n) is 4.91.